The summed E-state index contributed by atoms with van der Waals surface area (Å²) in [5.74, 6) is -0.917. The maximum Gasteiger partial charge on any atom is 0.344 e. The highest BCUT2D eigenvalue weighted by molar-refractivity contribution is 5.81. The van der Waals surface area contributed by atoms with E-state index in [9.17, 15) is 9.90 Å². The summed E-state index contributed by atoms with van der Waals surface area (Å²) in [6, 6.07) is 0. The molecule has 2 atom stereocenters. The predicted molar refractivity (Wildman–Crippen MR) is 73.6 cm³/mol. The lowest BCUT2D eigenvalue weighted by Crippen LogP contribution is -2.59. The number of carboxylic acid groups (broad SMARTS) is 1. The van der Waals surface area contributed by atoms with Crippen molar-refractivity contribution in [3.05, 3.63) is 18.1 Å². The SMILES string of the molecule is CCCCC(C)C(N)(Nc1cncc(C)n1)C(=O)O. The molecule has 0 radical (unpaired) electrons. The lowest BCUT2D eigenvalue weighted by atomic mass is 9.90. The molecule has 1 heterocycles. The Morgan fingerprint density at radius 1 is 1.58 bits per heavy atom. The molecule has 0 aliphatic rings. The van der Waals surface area contributed by atoms with Gasteiger partial charge < -0.3 is 10.4 Å². The number of carbonyl (C=O) groups is 1. The molecule has 6 nitrogen and oxygen atoms in total. The topological polar surface area (TPSA) is 101 Å². The number of nitrogens with two attached hydrogens (primary N) is 1. The van der Waals surface area contributed by atoms with Crippen molar-refractivity contribution < 1.29 is 9.90 Å². The van der Waals surface area contributed by atoms with E-state index in [1.165, 1.54) is 6.20 Å². The molecule has 6 heteroatoms. The molecule has 19 heavy (non-hydrogen) atoms. The first kappa shape index (κ1) is 15.4. The molecule has 0 fully saturated rings. The summed E-state index contributed by atoms with van der Waals surface area (Å²) in [7, 11) is 0. The zero-order valence-electron chi connectivity index (χ0n) is 11.7. The van der Waals surface area contributed by atoms with E-state index in [0.717, 1.165) is 19.3 Å². The van der Waals surface area contributed by atoms with Crippen LogP contribution in [0, 0.1) is 12.8 Å². The Kier molecular flexibility index (Phi) is 5.23. The second-order valence-corrected chi connectivity index (χ2v) is 4.89. The van der Waals surface area contributed by atoms with E-state index in [0.29, 0.717) is 11.5 Å². The van der Waals surface area contributed by atoms with Gasteiger partial charge >= 0.3 is 5.97 Å². The van der Waals surface area contributed by atoms with Crippen molar-refractivity contribution in [2.24, 2.45) is 11.7 Å². The average Bonchev–Trinajstić information content (AvgIpc) is 2.35. The minimum Gasteiger partial charge on any atom is -0.478 e. The van der Waals surface area contributed by atoms with Crippen LogP contribution >= 0.6 is 0 Å². The van der Waals surface area contributed by atoms with Gasteiger partial charge in [-0.1, -0.05) is 26.7 Å². The first-order chi connectivity index (χ1) is 8.90. The second kappa shape index (κ2) is 6.47. The normalized spacial score (nSPS) is 15.6. The van der Waals surface area contributed by atoms with Gasteiger partial charge in [-0.2, -0.15) is 0 Å². The number of aryl methyl sites for hydroxylation is 1. The molecule has 1 aromatic rings. The van der Waals surface area contributed by atoms with Gasteiger partial charge in [0.2, 0.25) is 0 Å². The predicted octanol–water partition coefficient (Wildman–Crippen LogP) is 1.76. The van der Waals surface area contributed by atoms with Gasteiger partial charge in [-0.05, 0) is 13.3 Å². The molecule has 2 unspecified atom stereocenters. The summed E-state index contributed by atoms with van der Waals surface area (Å²) in [6.07, 6.45) is 5.76. The van der Waals surface area contributed by atoms with Crippen LogP contribution < -0.4 is 11.1 Å². The molecule has 1 aromatic heterocycles. The molecule has 4 N–H and O–H groups in total. The van der Waals surface area contributed by atoms with Gasteiger partial charge in [0.1, 0.15) is 5.82 Å². The Balaban J connectivity index is 2.90. The Morgan fingerprint density at radius 3 is 2.79 bits per heavy atom. The third-order valence-corrected chi connectivity index (χ3v) is 3.21. The van der Waals surface area contributed by atoms with Gasteiger partial charge in [0.25, 0.3) is 0 Å². The van der Waals surface area contributed by atoms with Crippen molar-refractivity contribution in [2.75, 3.05) is 5.32 Å². The molecule has 106 valence electrons. The molecule has 0 saturated carbocycles. The summed E-state index contributed by atoms with van der Waals surface area (Å²) in [5, 5.41) is 12.2. The van der Waals surface area contributed by atoms with Crippen molar-refractivity contribution >= 4 is 11.8 Å². The lowest BCUT2D eigenvalue weighted by molar-refractivity contribution is -0.144. The minimum atomic E-state index is -1.53. The number of anilines is 1. The Morgan fingerprint density at radius 2 is 2.26 bits per heavy atom. The fourth-order valence-electron chi connectivity index (χ4n) is 1.86. The molecule has 0 spiro atoms. The van der Waals surface area contributed by atoms with Crippen LogP contribution in [0.4, 0.5) is 5.82 Å². The van der Waals surface area contributed by atoms with Crippen molar-refractivity contribution in [1.82, 2.24) is 9.97 Å². The Hall–Kier alpha value is -1.69. The average molecular weight is 266 g/mol. The van der Waals surface area contributed by atoms with Gasteiger partial charge in [0, 0.05) is 12.1 Å². The molecule has 0 aromatic carbocycles. The first-order valence-electron chi connectivity index (χ1n) is 6.49. The summed E-state index contributed by atoms with van der Waals surface area (Å²) in [4.78, 5) is 19.6. The minimum absolute atomic E-state index is 0.215. The highest BCUT2D eigenvalue weighted by Gasteiger charge is 2.40. The highest BCUT2D eigenvalue weighted by Crippen LogP contribution is 2.22. The van der Waals surface area contributed by atoms with E-state index in [4.69, 9.17) is 5.73 Å². The maximum absolute atomic E-state index is 11.5. The second-order valence-electron chi connectivity index (χ2n) is 4.89. The van der Waals surface area contributed by atoms with Crippen LogP contribution in [0.5, 0.6) is 0 Å². The smallest absolute Gasteiger partial charge is 0.344 e. The van der Waals surface area contributed by atoms with Crippen LogP contribution in [-0.2, 0) is 4.79 Å². The van der Waals surface area contributed by atoms with Crippen LogP contribution in [0.15, 0.2) is 12.4 Å². The standard InChI is InChI=1S/C13H22N4O2/c1-4-5-6-9(2)13(14,12(18)19)17-11-8-15-7-10(3)16-11/h7-9H,4-6,14H2,1-3H3,(H,16,17)(H,18,19). The molecule has 0 aliphatic heterocycles. The zero-order valence-corrected chi connectivity index (χ0v) is 11.7. The number of rotatable bonds is 7. The van der Waals surface area contributed by atoms with E-state index >= 15 is 0 Å². The zero-order chi connectivity index (χ0) is 14.5. The van der Waals surface area contributed by atoms with Crippen LogP contribution in [0.25, 0.3) is 0 Å². The van der Waals surface area contributed by atoms with Crippen LogP contribution in [-0.4, -0.2) is 26.7 Å². The fourth-order valence-corrected chi connectivity index (χ4v) is 1.86. The summed E-state index contributed by atoms with van der Waals surface area (Å²) < 4.78 is 0. The van der Waals surface area contributed by atoms with E-state index in [1.54, 1.807) is 13.1 Å². The molecule has 0 amide bonds. The third kappa shape index (κ3) is 3.89. The number of nitrogens with zero attached hydrogens (tertiary/aromatic N) is 2. The van der Waals surface area contributed by atoms with E-state index in [1.807, 2.05) is 6.92 Å². The van der Waals surface area contributed by atoms with Crippen molar-refractivity contribution in [1.29, 1.82) is 0 Å². The number of unbranched alkanes of at least 4 members (excludes halogenated alkanes) is 1. The number of aliphatic carboxylic acids is 1. The van der Waals surface area contributed by atoms with Crippen molar-refractivity contribution in [3.8, 4) is 0 Å². The molecular formula is C13H22N4O2. The van der Waals surface area contributed by atoms with Crippen molar-refractivity contribution in [2.45, 2.75) is 45.7 Å². The lowest BCUT2D eigenvalue weighted by Gasteiger charge is -2.32. The van der Waals surface area contributed by atoms with Gasteiger partial charge in [-0.3, -0.25) is 10.7 Å². The highest BCUT2D eigenvalue weighted by atomic mass is 16.4. The molecule has 0 bridgehead atoms. The van der Waals surface area contributed by atoms with Gasteiger partial charge in [-0.25, -0.2) is 9.78 Å². The summed E-state index contributed by atoms with van der Waals surface area (Å²) in [5.41, 5.74) is 5.21. The fraction of sp³-hybridized carbons (Fsp3) is 0.615. The number of hydrogen-bond acceptors (Lipinski definition) is 5. The molecule has 0 aliphatic carbocycles. The molecule has 1 rings (SSSR count). The molecule has 0 saturated heterocycles. The largest absolute Gasteiger partial charge is 0.478 e. The van der Waals surface area contributed by atoms with Crippen LogP contribution in [0.2, 0.25) is 0 Å². The van der Waals surface area contributed by atoms with E-state index < -0.39 is 11.6 Å². The first-order valence-corrected chi connectivity index (χ1v) is 6.49. The van der Waals surface area contributed by atoms with Crippen molar-refractivity contribution in [3.63, 3.8) is 0 Å². The van der Waals surface area contributed by atoms with E-state index in [2.05, 4.69) is 22.2 Å². The third-order valence-electron chi connectivity index (χ3n) is 3.21. The quantitative estimate of drug-likeness (QED) is 0.650. The monoisotopic (exact) mass is 266 g/mol. The van der Waals surface area contributed by atoms with Gasteiger partial charge in [-0.15, -0.1) is 0 Å². The van der Waals surface area contributed by atoms with Gasteiger partial charge in [0.15, 0.2) is 5.66 Å². The Bertz CT molecular complexity index is 438. The van der Waals surface area contributed by atoms with Crippen LogP contribution in [0.3, 0.4) is 0 Å². The van der Waals surface area contributed by atoms with Crippen LogP contribution in [0.1, 0.15) is 38.8 Å². The summed E-state index contributed by atoms with van der Waals surface area (Å²) >= 11 is 0. The van der Waals surface area contributed by atoms with E-state index in [-0.39, 0.29) is 5.92 Å². The molecular weight excluding hydrogens is 244 g/mol. The van der Waals surface area contributed by atoms with Gasteiger partial charge in [0.05, 0.1) is 11.9 Å². The number of aromatic nitrogens is 2. The number of carboxylic acids is 1. The summed E-state index contributed by atoms with van der Waals surface area (Å²) in [6.45, 7) is 5.68. The number of nitrogens with one attached hydrogen (secondary N) is 1. The maximum atomic E-state index is 11.5. The number of hydrogen-bond donors (Lipinski definition) is 3. The Labute approximate surface area is 113 Å².